The minimum absolute atomic E-state index is 0.0626. The van der Waals surface area contributed by atoms with Gasteiger partial charge in [0.1, 0.15) is 0 Å². The number of carbonyl (C=O) groups is 1. The molecule has 0 saturated heterocycles. The molecule has 0 heterocycles. The van der Waals surface area contributed by atoms with Crippen molar-refractivity contribution >= 4 is 28.9 Å². The van der Waals surface area contributed by atoms with E-state index in [9.17, 15) is 23.1 Å². The van der Waals surface area contributed by atoms with E-state index >= 15 is 0 Å². The van der Waals surface area contributed by atoms with E-state index in [1.165, 1.54) is 0 Å². The topological polar surface area (TPSA) is 61.4 Å². The third-order valence-corrected chi connectivity index (χ3v) is 3.71. The minimum atomic E-state index is -4.45. The molecule has 25 heavy (non-hydrogen) atoms. The third-order valence-electron chi connectivity index (χ3n) is 3.36. The van der Waals surface area contributed by atoms with Crippen LogP contribution in [0.25, 0.3) is 0 Å². The van der Waals surface area contributed by atoms with Gasteiger partial charge in [0.25, 0.3) is 5.91 Å². The van der Waals surface area contributed by atoms with Crippen molar-refractivity contribution in [3.8, 4) is 0 Å². The number of hydrogen-bond donors (Lipinski definition) is 3. The van der Waals surface area contributed by atoms with Gasteiger partial charge in [0, 0.05) is 12.1 Å². The lowest BCUT2D eigenvalue weighted by Crippen LogP contribution is -2.22. The Hall–Kier alpha value is -2.25. The predicted octanol–water partition coefficient (Wildman–Crippen LogP) is 3.97. The molecule has 0 fully saturated rings. The van der Waals surface area contributed by atoms with Crippen molar-refractivity contribution in [3.63, 3.8) is 0 Å². The quantitative estimate of drug-likeness (QED) is 0.672. The lowest BCUT2D eigenvalue weighted by atomic mass is 10.1. The van der Waals surface area contributed by atoms with Crippen molar-refractivity contribution in [1.29, 1.82) is 0 Å². The molecule has 1 amide bonds. The van der Waals surface area contributed by atoms with Crippen molar-refractivity contribution < 1.29 is 23.1 Å². The number of nitrogens with one attached hydrogen (secondary N) is 2. The average Bonchev–Trinajstić information content (AvgIpc) is 2.60. The molecule has 0 aliphatic carbocycles. The Balaban J connectivity index is 2.10. The van der Waals surface area contributed by atoms with Crippen molar-refractivity contribution in [2.24, 2.45) is 0 Å². The number of hydrogen-bond acceptors (Lipinski definition) is 3. The van der Waals surface area contributed by atoms with Crippen LogP contribution in [0.15, 0.2) is 48.5 Å². The maximum absolute atomic E-state index is 12.6. The molecular formula is C17H16ClF3N2O2. The third kappa shape index (κ3) is 5.37. The van der Waals surface area contributed by atoms with Gasteiger partial charge in [-0.05, 0) is 36.4 Å². The van der Waals surface area contributed by atoms with Crippen LogP contribution in [0, 0.1) is 0 Å². The lowest BCUT2D eigenvalue weighted by Gasteiger charge is -2.15. The van der Waals surface area contributed by atoms with Crippen molar-refractivity contribution in [2.75, 3.05) is 23.1 Å². The van der Waals surface area contributed by atoms with Gasteiger partial charge in [0.2, 0.25) is 0 Å². The predicted molar refractivity (Wildman–Crippen MR) is 91.1 cm³/mol. The monoisotopic (exact) mass is 372 g/mol. The molecule has 0 aliphatic rings. The Kier molecular flexibility index (Phi) is 6.27. The van der Waals surface area contributed by atoms with Crippen molar-refractivity contribution in [3.05, 3.63) is 59.7 Å². The minimum Gasteiger partial charge on any atom is -0.390 e. The molecule has 0 spiro atoms. The molecule has 4 nitrogen and oxygen atoms in total. The summed E-state index contributed by atoms with van der Waals surface area (Å²) in [5.74, 6) is -0.478. The fraction of sp³-hybridized carbons (Fsp3) is 0.235. The zero-order valence-electron chi connectivity index (χ0n) is 13.0. The van der Waals surface area contributed by atoms with Crippen LogP contribution in [0.4, 0.5) is 24.5 Å². The van der Waals surface area contributed by atoms with E-state index in [1.807, 2.05) is 0 Å². The van der Waals surface area contributed by atoms with Crippen LogP contribution in [-0.2, 0) is 6.18 Å². The Morgan fingerprint density at radius 3 is 2.24 bits per heavy atom. The lowest BCUT2D eigenvalue weighted by molar-refractivity contribution is -0.137. The molecule has 0 radical (unpaired) electrons. The molecule has 0 bridgehead atoms. The summed E-state index contributed by atoms with van der Waals surface area (Å²) in [7, 11) is 0. The van der Waals surface area contributed by atoms with Gasteiger partial charge in [0.15, 0.2) is 0 Å². The number of para-hydroxylation sites is 2. The number of anilines is 2. The number of benzene rings is 2. The van der Waals surface area contributed by atoms with Crippen molar-refractivity contribution in [2.45, 2.75) is 12.3 Å². The fourth-order valence-electron chi connectivity index (χ4n) is 2.03. The number of aliphatic hydroxyl groups excluding tert-OH is 1. The second-order valence-corrected chi connectivity index (χ2v) is 5.57. The van der Waals surface area contributed by atoms with Crippen LogP contribution in [0.1, 0.15) is 15.9 Å². The van der Waals surface area contributed by atoms with E-state index < -0.39 is 23.8 Å². The molecule has 0 saturated carbocycles. The number of halogens is 4. The molecular weight excluding hydrogens is 357 g/mol. The van der Waals surface area contributed by atoms with Crippen LogP contribution in [0.5, 0.6) is 0 Å². The summed E-state index contributed by atoms with van der Waals surface area (Å²) < 4.78 is 37.7. The molecule has 2 aromatic carbocycles. The van der Waals surface area contributed by atoms with Gasteiger partial charge in [-0.2, -0.15) is 13.2 Å². The number of aliphatic hydroxyl groups is 1. The van der Waals surface area contributed by atoms with Crippen LogP contribution in [-0.4, -0.2) is 29.5 Å². The summed E-state index contributed by atoms with van der Waals surface area (Å²) in [5, 5.41) is 15.1. The normalized spacial score (nSPS) is 12.5. The van der Waals surface area contributed by atoms with Gasteiger partial charge >= 0.3 is 6.18 Å². The molecule has 134 valence electrons. The summed E-state index contributed by atoms with van der Waals surface area (Å²) >= 11 is 5.53. The van der Waals surface area contributed by atoms with Gasteiger partial charge < -0.3 is 15.7 Å². The second kappa shape index (κ2) is 8.22. The van der Waals surface area contributed by atoms with Crippen LogP contribution in [0.3, 0.4) is 0 Å². The molecule has 3 N–H and O–H groups in total. The highest BCUT2D eigenvalue weighted by Gasteiger charge is 2.30. The first-order valence-corrected chi connectivity index (χ1v) is 7.90. The summed E-state index contributed by atoms with van der Waals surface area (Å²) in [6, 6.07) is 10.7. The maximum Gasteiger partial charge on any atom is 0.416 e. The van der Waals surface area contributed by atoms with E-state index in [1.54, 1.807) is 24.3 Å². The highest BCUT2D eigenvalue weighted by atomic mass is 35.5. The van der Waals surface area contributed by atoms with E-state index in [2.05, 4.69) is 10.6 Å². The first-order chi connectivity index (χ1) is 11.8. The summed E-state index contributed by atoms with van der Waals surface area (Å²) in [4.78, 5) is 12.2. The van der Waals surface area contributed by atoms with Gasteiger partial charge in [-0.1, -0.05) is 12.1 Å². The van der Waals surface area contributed by atoms with E-state index in [-0.39, 0.29) is 18.0 Å². The standard InChI is InChI=1S/C17H16ClF3N2O2/c18-9-13(24)10-22-14-3-1-2-4-15(14)23-16(25)11-5-7-12(8-6-11)17(19,20)21/h1-8,13,22,24H,9-10H2,(H,23,25). The summed E-state index contributed by atoms with van der Waals surface area (Å²) in [6.45, 7) is 0.191. The zero-order chi connectivity index (χ0) is 18.4. The van der Waals surface area contributed by atoms with Gasteiger partial charge in [-0.25, -0.2) is 0 Å². The number of alkyl halides is 4. The molecule has 0 aromatic heterocycles. The van der Waals surface area contributed by atoms with Gasteiger partial charge in [-0.15, -0.1) is 11.6 Å². The highest BCUT2D eigenvalue weighted by molar-refractivity contribution is 6.18. The second-order valence-electron chi connectivity index (χ2n) is 5.26. The average molecular weight is 373 g/mol. The molecule has 1 atom stereocenters. The number of amides is 1. The van der Waals surface area contributed by atoms with E-state index in [0.29, 0.717) is 11.4 Å². The number of rotatable bonds is 6. The largest absolute Gasteiger partial charge is 0.416 e. The first kappa shape index (κ1) is 19.1. The zero-order valence-corrected chi connectivity index (χ0v) is 13.7. The summed E-state index contributed by atoms with van der Waals surface area (Å²) in [5.41, 5.74) is 0.283. The smallest absolute Gasteiger partial charge is 0.390 e. The first-order valence-electron chi connectivity index (χ1n) is 7.37. The van der Waals surface area contributed by atoms with E-state index in [4.69, 9.17) is 11.6 Å². The molecule has 0 aliphatic heterocycles. The maximum atomic E-state index is 12.6. The Morgan fingerprint density at radius 2 is 1.68 bits per heavy atom. The Labute approximate surface area is 147 Å². The van der Waals surface area contributed by atoms with Crippen LogP contribution in [0.2, 0.25) is 0 Å². The Bertz CT molecular complexity index is 721. The molecule has 2 aromatic rings. The summed E-state index contributed by atoms with van der Waals surface area (Å²) in [6.07, 6.45) is -5.20. The SMILES string of the molecule is O=C(Nc1ccccc1NCC(O)CCl)c1ccc(C(F)(F)F)cc1. The number of carbonyl (C=O) groups excluding carboxylic acids is 1. The molecule has 1 unspecified atom stereocenters. The molecule has 8 heteroatoms. The van der Waals surface area contributed by atoms with Gasteiger partial charge in [0.05, 0.1) is 28.9 Å². The fourth-order valence-corrected chi connectivity index (χ4v) is 2.14. The van der Waals surface area contributed by atoms with Crippen LogP contribution >= 0.6 is 11.6 Å². The highest BCUT2D eigenvalue weighted by Crippen LogP contribution is 2.29. The van der Waals surface area contributed by atoms with E-state index in [0.717, 1.165) is 24.3 Å². The van der Waals surface area contributed by atoms with Crippen LogP contribution < -0.4 is 10.6 Å². The van der Waals surface area contributed by atoms with Gasteiger partial charge in [-0.3, -0.25) is 4.79 Å². The molecule has 2 rings (SSSR count). The Morgan fingerprint density at radius 1 is 1.08 bits per heavy atom. The van der Waals surface area contributed by atoms with Crippen molar-refractivity contribution in [1.82, 2.24) is 0 Å².